The zero-order chi connectivity index (χ0) is 26.0. The van der Waals surface area contributed by atoms with Crippen LogP contribution in [0.5, 0.6) is 0 Å². The summed E-state index contributed by atoms with van der Waals surface area (Å²) < 4.78 is 16.2. The summed E-state index contributed by atoms with van der Waals surface area (Å²) in [6.07, 6.45) is 5.45. The Morgan fingerprint density at radius 3 is 2.92 bits per heavy atom. The van der Waals surface area contributed by atoms with E-state index in [0.29, 0.717) is 22.6 Å². The monoisotopic (exact) mass is 529 g/mol. The molecule has 4 N–H and O–H groups in total. The second-order valence-corrected chi connectivity index (χ2v) is 11.4. The molecule has 0 aliphatic carbocycles. The molecular formula is C24H32FN9O2S. The number of hydrogen-bond donors (Lipinski definition) is 4. The SMILES string of the molecule is CC1(C)C[C@H](Nc2nc(Nc3cccc(-n4nnnc4SC(CO)CO)c3)ncc2F)C[C@H]2CCCN21. The Labute approximate surface area is 218 Å². The molecule has 0 saturated carbocycles. The summed E-state index contributed by atoms with van der Waals surface area (Å²) in [6, 6.07) is 7.95. The summed E-state index contributed by atoms with van der Waals surface area (Å²) in [7, 11) is 0. The number of halogens is 1. The van der Waals surface area contributed by atoms with E-state index in [1.54, 1.807) is 0 Å². The molecule has 0 bridgehead atoms. The molecule has 5 rings (SSSR count). The minimum absolute atomic E-state index is 0.0594. The number of nitrogens with zero attached hydrogens (tertiary/aromatic N) is 7. The van der Waals surface area contributed by atoms with E-state index in [-0.39, 0.29) is 36.6 Å². The molecule has 2 aliphatic rings. The van der Waals surface area contributed by atoms with Gasteiger partial charge in [0, 0.05) is 23.3 Å². The van der Waals surface area contributed by atoms with E-state index in [9.17, 15) is 14.6 Å². The van der Waals surface area contributed by atoms with Crippen LogP contribution in [-0.2, 0) is 0 Å². The lowest BCUT2D eigenvalue weighted by Gasteiger charge is -2.47. The van der Waals surface area contributed by atoms with Crippen molar-refractivity contribution in [3.05, 3.63) is 36.3 Å². The summed E-state index contributed by atoms with van der Waals surface area (Å²) >= 11 is 1.18. The highest BCUT2D eigenvalue weighted by molar-refractivity contribution is 7.99. The molecule has 1 aromatic carbocycles. The maximum absolute atomic E-state index is 14.7. The number of benzene rings is 1. The lowest BCUT2D eigenvalue weighted by Crippen LogP contribution is -2.55. The van der Waals surface area contributed by atoms with Crippen molar-refractivity contribution < 1.29 is 14.6 Å². The largest absolute Gasteiger partial charge is 0.395 e. The predicted molar refractivity (Wildman–Crippen MR) is 139 cm³/mol. The number of anilines is 3. The second-order valence-electron chi connectivity index (χ2n) is 10.1. The molecule has 0 spiro atoms. The van der Waals surface area contributed by atoms with Crippen molar-refractivity contribution in [2.45, 2.75) is 67.6 Å². The average molecular weight is 530 g/mol. The highest BCUT2D eigenvalue weighted by Gasteiger charge is 2.43. The van der Waals surface area contributed by atoms with Crippen molar-refractivity contribution >= 4 is 29.2 Å². The van der Waals surface area contributed by atoms with Gasteiger partial charge in [0.15, 0.2) is 11.6 Å². The standard InChI is InChI=1S/C24H32FN9O2S/c1-24(2)11-16(10-17-7-4-8-33(17)24)27-21-20(25)12-26-22(29-21)28-15-5-3-6-18(9-15)34-23(30-31-32-34)37-19(13-35)14-36/h3,5-6,9,12,16-17,19,35-36H,4,7-8,10-11,13-14H2,1-2H3,(H2,26,27,28,29)/t16-,17-/m1/s1. The van der Waals surface area contributed by atoms with Crippen molar-refractivity contribution in [3.63, 3.8) is 0 Å². The van der Waals surface area contributed by atoms with E-state index in [0.717, 1.165) is 19.4 Å². The quantitative estimate of drug-likeness (QED) is 0.304. The summed E-state index contributed by atoms with van der Waals surface area (Å²) in [5.74, 6) is -0.0201. The second kappa shape index (κ2) is 10.9. The van der Waals surface area contributed by atoms with Gasteiger partial charge >= 0.3 is 0 Å². The highest BCUT2D eigenvalue weighted by Crippen LogP contribution is 2.38. The van der Waals surface area contributed by atoms with Crippen molar-refractivity contribution in [2.24, 2.45) is 0 Å². The number of aliphatic hydroxyl groups excluding tert-OH is 2. The number of fused-ring (bicyclic) bond motifs is 1. The molecule has 2 saturated heterocycles. The number of nitrogens with one attached hydrogen (secondary N) is 2. The first kappa shape index (κ1) is 25.8. The molecule has 3 aromatic rings. The zero-order valence-corrected chi connectivity index (χ0v) is 21.7. The third kappa shape index (κ3) is 5.69. The van der Waals surface area contributed by atoms with E-state index in [2.05, 4.69) is 54.9 Å². The van der Waals surface area contributed by atoms with Crippen LogP contribution in [0, 0.1) is 5.82 Å². The summed E-state index contributed by atoms with van der Waals surface area (Å²) in [4.78, 5) is 11.2. The summed E-state index contributed by atoms with van der Waals surface area (Å²) in [5.41, 5.74) is 1.39. The first-order chi connectivity index (χ1) is 17.9. The van der Waals surface area contributed by atoms with Gasteiger partial charge in [-0.3, -0.25) is 4.90 Å². The Morgan fingerprint density at radius 2 is 2.11 bits per heavy atom. The van der Waals surface area contributed by atoms with Gasteiger partial charge in [-0.2, -0.15) is 9.67 Å². The maximum atomic E-state index is 14.7. The molecule has 198 valence electrons. The van der Waals surface area contributed by atoms with Gasteiger partial charge in [-0.05, 0) is 74.7 Å². The van der Waals surface area contributed by atoms with E-state index in [4.69, 9.17) is 0 Å². The normalized spacial score (nSPS) is 21.2. The van der Waals surface area contributed by atoms with Gasteiger partial charge in [0.2, 0.25) is 11.1 Å². The Kier molecular flexibility index (Phi) is 7.56. The topological polar surface area (TPSA) is 137 Å². The van der Waals surface area contributed by atoms with Crippen LogP contribution in [0.4, 0.5) is 21.8 Å². The predicted octanol–water partition coefficient (Wildman–Crippen LogP) is 2.60. The first-order valence-corrected chi connectivity index (χ1v) is 13.3. The van der Waals surface area contributed by atoms with Crippen LogP contribution in [0.3, 0.4) is 0 Å². The molecular weight excluding hydrogens is 497 g/mol. The first-order valence-electron chi connectivity index (χ1n) is 12.5. The number of tetrazole rings is 1. The fourth-order valence-corrected chi connectivity index (χ4v) is 6.15. The number of thioether (sulfide) groups is 1. The third-order valence-electron chi connectivity index (χ3n) is 7.01. The maximum Gasteiger partial charge on any atom is 0.229 e. The Bertz CT molecular complexity index is 1220. The van der Waals surface area contributed by atoms with Crippen LogP contribution in [0.2, 0.25) is 0 Å². The molecule has 37 heavy (non-hydrogen) atoms. The minimum atomic E-state index is -0.483. The summed E-state index contributed by atoms with van der Waals surface area (Å²) in [5, 5.41) is 37.0. The average Bonchev–Trinajstić information content (AvgIpc) is 3.54. The van der Waals surface area contributed by atoms with Gasteiger partial charge in [-0.25, -0.2) is 9.37 Å². The highest BCUT2D eigenvalue weighted by atomic mass is 32.2. The van der Waals surface area contributed by atoms with Crippen LogP contribution in [0.15, 0.2) is 35.6 Å². The number of aromatic nitrogens is 6. The van der Waals surface area contributed by atoms with Crippen molar-refractivity contribution in [3.8, 4) is 5.69 Å². The molecule has 2 aromatic heterocycles. The van der Waals surface area contributed by atoms with Gasteiger partial charge in [0.25, 0.3) is 0 Å². The van der Waals surface area contributed by atoms with Crippen molar-refractivity contribution in [1.82, 2.24) is 35.1 Å². The number of aliphatic hydroxyl groups is 2. The van der Waals surface area contributed by atoms with Crippen LogP contribution in [-0.4, -0.2) is 87.9 Å². The lowest BCUT2D eigenvalue weighted by molar-refractivity contribution is 0.0500. The Morgan fingerprint density at radius 1 is 1.27 bits per heavy atom. The Hall–Kier alpha value is -2.87. The molecule has 2 aliphatic heterocycles. The van der Waals surface area contributed by atoms with Gasteiger partial charge in [0.05, 0.1) is 30.3 Å². The molecule has 0 unspecified atom stereocenters. The fourth-order valence-electron chi connectivity index (χ4n) is 5.38. The van der Waals surface area contributed by atoms with Crippen molar-refractivity contribution in [2.75, 3.05) is 30.4 Å². The fraction of sp³-hybridized carbons (Fsp3) is 0.542. The molecule has 0 amide bonds. The van der Waals surface area contributed by atoms with Crippen molar-refractivity contribution in [1.29, 1.82) is 0 Å². The molecule has 2 fully saturated rings. The van der Waals surface area contributed by atoms with Crippen LogP contribution in [0.25, 0.3) is 5.69 Å². The van der Waals surface area contributed by atoms with E-state index >= 15 is 0 Å². The van der Waals surface area contributed by atoms with Gasteiger partial charge in [-0.1, -0.05) is 17.8 Å². The third-order valence-corrected chi connectivity index (χ3v) is 8.11. The van der Waals surface area contributed by atoms with E-state index in [1.807, 2.05) is 24.3 Å². The molecule has 13 heteroatoms. The smallest absolute Gasteiger partial charge is 0.229 e. The lowest BCUT2D eigenvalue weighted by atomic mass is 9.84. The molecule has 11 nitrogen and oxygen atoms in total. The Balaban J connectivity index is 1.31. The number of piperidine rings is 1. The van der Waals surface area contributed by atoms with Gasteiger partial charge < -0.3 is 20.8 Å². The minimum Gasteiger partial charge on any atom is -0.395 e. The van der Waals surface area contributed by atoms with Crippen LogP contribution >= 0.6 is 11.8 Å². The van der Waals surface area contributed by atoms with E-state index in [1.165, 1.54) is 35.5 Å². The molecule has 2 atom stereocenters. The van der Waals surface area contributed by atoms with Gasteiger partial charge in [0.1, 0.15) is 0 Å². The van der Waals surface area contributed by atoms with Gasteiger partial charge in [-0.15, -0.1) is 5.10 Å². The van der Waals surface area contributed by atoms with Crippen LogP contribution < -0.4 is 10.6 Å². The van der Waals surface area contributed by atoms with E-state index < -0.39 is 11.1 Å². The summed E-state index contributed by atoms with van der Waals surface area (Å²) in [6.45, 7) is 5.25. The number of hydrogen-bond acceptors (Lipinski definition) is 11. The zero-order valence-electron chi connectivity index (χ0n) is 20.9. The molecule has 0 radical (unpaired) electrons. The molecule has 4 heterocycles. The van der Waals surface area contributed by atoms with Crippen LogP contribution in [0.1, 0.15) is 39.5 Å². The number of rotatable bonds is 9.